The van der Waals surface area contributed by atoms with E-state index < -0.39 is 18.4 Å². The number of hydrogen-bond acceptors (Lipinski definition) is 3. The van der Waals surface area contributed by atoms with Crippen molar-refractivity contribution in [3.63, 3.8) is 0 Å². The van der Waals surface area contributed by atoms with Crippen LogP contribution in [0, 0.1) is 0 Å². The topological polar surface area (TPSA) is 58.6 Å². The fourth-order valence-corrected chi connectivity index (χ4v) is 1.97. The molecular formula is C17H18FNO3. The van der Waals surface area contributed by atoms with Crippen molar-refractivity contribution in [1.29, 1.82) is 0 Å². The van der Waals surface area contributed by atoms with Gasteiger partial charge in [-0.3, -0.25) is 0 Å². The largest absolute Gasteiger partial charge is 0.445 e. The minimum Gasteiger partial charge on any atom is -0.445 e. The van der Waals surface area contributed by atoms with E-state index in [1.807, 2.05) is 30.3 Å². The SMILES string of the molecule is O=C(NCC(F)(CO)c1ccccc1)OCc1ccccc1. The van der Waals surface area contributed by atoms with Crippen LogP contribution >= 0.6 is 0 Å². The summed E-state index contributed by atoms with van der Waals surface area (Å²) in [5.41, 5.74) is -0.886. The molecular weight excluding hydrogens is 285 g/mol. The number of aliphatic hydroxyl groups excluding tert-OH is 1. The average Bonchev–Trinajstić information content (AvgIpc) is 2.59. The fourth-order valence-electron chi connectivity index (χ4n) is 1.97. The molecule has 0 radical (unpaired) electrons. The number of aliphatic hydroxyl groups is 1. The van der Waals surface area contributed by atoms with Crippen LogP contribution in [0.2, 0.25) is 0 Å². The summed E-state index contributed by atoms with van der Waals surface area (Å²) in [6.07, 6.45) is -0.727. The molecule has 0 fully saturated rings. The number of benzene rings is 2. The lowest BCUT2D eigenvalue weighted by Gasteiger charge is -2.23. The lowest BCUT2D eigenvalue weighted by Crippen LogP contribution is -2.40. The molecule has 2 rings (SSSR count). The van der Waals surface area contributed by atoms with Crippen LogP contribution in [0.1, 0.15) is 11.1 Å². The van der Waals surface area contributed by atoms with Crippen molar-refractivity contribution in [2.45, 2.75) is 12.3 Å². The van der Waals surface area contributed by atoms with Crippen molar-refractivity contribution in [2.24, 2.45) is 0 Å². The molecule has 0 aromatic heterocycles. The number of alkyl halides is 1. The zero-order chi connectivity index (χ0) is 15.8. The van der Waals surface area contributed by atoms with Crippen molar-refractivity contribution < 1.29 is 19.0 Å². The van der Waals surface area contributed by atoms with E-state index in [4.69, 9.17) is 4.74 Å². The van der Waals surface area contributed by atoms with Gasteiger partial charge in [0.2, 0.25) is 0 Å². The van der Waals surface area contributed by atoms with E-state index in [2.05, 4.69) is 5.32 Å². The zero-order valence-electron chi connectivity index (χ0n) is 12.0. The fraction of sp³-hybridized carbons (Fsp3) is 0.235. The number of alkyl carbamates (subject to hydrolysis) is 1. The highest BCUT2D eigenvalue weighted by molar-refractivity contribution is 5.67. The minimum absolute atomic E-state index is 0.108. The summed E-state index contributed by atoms with van der Waals surface area (Å²) in [5, 5.41) is 11.6. The number of halogens is 1. The Morgan fingerprint density at radius 3 is 2.27 bits per heavy atom. The van der Waals surface area contributed by atoms with Gasteiger partial charge in [0.05, 0.1) is 13.2 Å². The van der Waals surface area contributed by atoms with Crippen molar-refractivity contribution in [3.8, 4) is 0 Å². The summed E-state index contributed by atoms with van der Waals surface area (Å²) in [4.78, 5) is 11.6. The highest BCUT2D eigenvalue weighted by Crippen LogP contribution is 2.24. The average molecular weight is 303 g/mol. The molecule has 0 saturated carbocycles. The van der Waals surface area contributed by atoms with Gasteiger partial charge in [0.15, 0.2) is 5.67 Å². The Balaban J connectivity index is 1.86. The third-order valence-electron chi connectivity index (χ3n) is 3.27. The summed E-state index contributed by atoms with van der Waals surface area (Å²) in [5.74, 6) is 0. The standard InChI is InChI=1S/C17H18FNO3/c18-17(13-20,15-9-5-2-6-10-15)12-19-16(21)22-11-14-7-3-1-4-8-14/h1-10,20H,11-13H2,(H,19,21). The monoisotopic (exact) mass is 303 g/mol. The predicted octanol–water partition coefficient (Wildman–Crippen LogP) is 2.77. The second-order valence-electron chi connectivity index (χ2n) is 4.90. The van der Waals surface area contributed by atoms with Gasteiger partial charge >= 0.3 is 6.09 Å². The van der Waals surface area contributed by atoms with Gasteiger partial charge in [-0.2, -0.15) is 0 Å². The smallest absolute Gasteiger partial charge is 0.407 e. The number of carbonyl (C=O) groups is 1. The number of ether oxygens (including phenoxy) is 1. The molecule has 116 valence electrons. The zero-order valence-corrected chi connectivity index (χ0v) is 12.0. The summed E-state index contributed by atoms with van der Waals surface area (Å²) in [6.45, 7) is -0.979. The highest BCUT2D eigenvalue weighted by Gasteiger charge is 2.31. The molecule has 2 aromatic carbocycles. The quantitative estimate of drug-likeness (QED) is 0.862. The molecule has 0 saturated heterocycles. The van der Waals surface area contributed by atoms with Crippen LogP contribution in [0.25, 0.3) is 0 Å². The Labute approximate surface area is 128 Å². The first-order valence-electron chi connectivity index (χ1n) is 6.94. The van der Waals surface area contributed by atoms with Gasteiger partial charge in [-0.1, -0.05) is 60.7 Å². The van der Waals surface area contributed by atoms with E-state index >= 15 is 0 Å². The van der Waals surface area contributed by atoms with E-state index in [1.165, 1.54) is 0 Å². The molecule has 0 aliphatic heterocycles. The van der Waals surface area contributed by atoms with Gasteiger partial charge in [-0.15, -0.1) is 0 Å². The molecule has 5 heteroatoms. The van der Waals surface area contributed by atoms with Crippen molar-refractivity contribution in [1.82, 2.24) is 5.32 Å². The summed E-state index contributed by atoms with van der Waals surface area (Å²) >= 11 is 0. The van der Waals surface area contributed by atoms with Gasteiger partial charge in [-0.05, 0) is 11.1 Å². The van der Waals surface area contributed by atoms with E-state index in [-0.39, 0.29) is 13.2 Å². The summed E-state index contributed by atoms with van der Waals surface area (Å²) in [7, 11) is 0. The minimum atomic E-state index is -2.03. The Kier molecular flexibility index (Phi) is 5.49. The van der Waals surface area contributed by atoms with Gasteiger partial charge in [0.1, 0.15) is 6.61 Å². The first kappa shape index (κ1) is 16.0. The van der Waals surface area contributed by atoms with Crippen LogP contribution < -0.4 is 5.32 Å². The Morgan fingerprint density at radius 2 is 1.68 bits per heavy atom. The lowest BCUT2D eigenvalue weighted by atomic mass is 9.97. The second kappa shape index (κ2) is 7.56. The molecule has 1 amide bonds. The highest BCUT2D eigenvalue weighted by atomic mass is 19.1. The molecule has 22 heavy (non-hydrogen) atoms. The number of amides is 1. The van der Waals surface area contributed by atoms with Gasteiger partial charge in [0.25, 0.3) is 0 Å². The molecule has 1 unspecified atom stereocenters. The normalized spacial score (nSPS) is 13.2. The molecule has 0 aliphatic rings. The van der Waals surface area contributed by atoms with Crippen molar-refractivity contribution in [3.05, 3.63) is 71.8 Å². The van der Waals surface area contributed by atoms with Gasteiger partial charge in [-0.25, -0.2) is 9.18 Å². The van der Waals surface area contributed by atoms with Crippen molar-refractivity contribution in [2.75, 3.05) is 13.2 Å². The number of nitrogens with one attached hydrogen (secondary N) is 1. The van der Waals surface area contributed by atoms with Crippen LogP contribution in [-0.2, 0) is 17.0 Å². The van der Waals surface area contributed by atoms with Crippen LogP contribution in [0.5, 0.6) is 0 Å². The molecule has 0 heterocycles. The van der Waals surface area contributed by atoms with Crippen molar-refractivity contribution >= 4 is 6.09 Å². The molecule has 2 N–H and O–H groups in total. The number of hydrogen-bond donors (Lipinski definition) is 2. The lowest BCUT2D eigenvalue weighted by molar-refractivity contribution is 0.0637. The molecule has 1 atom stereocenters. The maximum absolute atomic E-state index is 14.7. The van der Waals surface area contributed by atoms with Crippen LogP contribution in [0.15, 0.2) is 60.7 Å². The first-order valence-corrected chi connectivity index (χ1v) is 6.94. The molecule has 0 aliphatic carbocycles. The van der Waals surface area contributed by atoms with E-state index in [0.29, 0.717) is 5.56 Å². The molecule has 4 nitrogen and oxygen atoms in total. The van der Waals surface area contributed by atoms with E-state index in [0.717, 1.165) is 5.56 Å². The second-order valence-corrected chi connectivity index (χ2v) is 4.90. The number of carbonyl (C=O) groups excluding carboxylic acids is 1. The molecule has 0 spiro atoms. The van der Waals surface area contributed by atoms with Gasteiger partial charge in [0, 0.05) is 0 Å². The molecule has 2 aromatic rings. The predicted molar refractivity (Wildman–Crippen MR) is 80.9 cm³/mol. The van der Waals surface area contributed by atoms with Crippen LogP contribution in [-0.4, -0.2) is 24.4 Å². The third kappa shape index (κ3) is 4.30. The Bertz CT molecular complexity index is 591. The molecule has 0 bridgehead atoms. The maximum Gasteiger partial charge on any atom is 0.407 e. The number of rotatable bonds is 6. The van der Waals surface area contributed by atoms with Crippen LogP contribution in [0.3, 0.4) is 0 Å². The Hall–Kier alpha value is -2.40. The summed E-state index contributed by atoms with van der Waals surface area (Å²) in [6, 6.07) is 17.4. The maximum atomic E-state index is 14.7. The van der Waals surface area contributed by atoms with E-state index in [1.54, 1.807) is 30.3 Å². The third-order valence-corrected chi connectivity index (χ3v) is 3.27. The van der Waals surface area contributed by atoms with E-state index in [9.17, 15) is 14.3 Å². The first-order chi connectivity index (χ1) is 10.6. The summed E-state index contributed by atoms with van der Waals surface area (Å²) < 4.78 is 19.7. The van der Waals surface area contributed by atoms with Gasteiger partial charge < -0.3 is 15.2 Å². The Morgan fingerprint density at radius 1 is 1.09 bits per heavy atom. The van der Waals surface area contributed by atoms with Crippen LogP contribution in [0.4, 0.5) is 9.18 Å².